The van der Waals surface area contributed by atoms with Gasteiger partial charge in [0.15, 0.2) is 5.65 Å². The zero-order chi connectivity index (χ0) is 14.4. The predicted molar refractivity (Wildman–Crippen MR) is 82.6 cm³/mol. The van der Waals surface area contributed by atoms with Crippen LogP contribution in [-0.2, 0) is 0 Å². The van der Waals surface area contributed by atoms with Crippen LogP contribution < -0.4 is 0 Å². The number of nitrogens with zero attached hydrogens (tertiary/aromatic N) is 5. The van der Waals surface area contributed by atoms with Gasteiger partial charge in [-0.15, -0.1) is 0 Å². The molecule has 5 nitrogen and oxygen atoms in total. The van der Waals surface area contributed by atoms with Crippen molar-refractivity contribution in [3.05, 3.63) is 29.7 Å². The first-order valence-electron chi connectivity index (χ1n) is 7.94. The van der Waals surface area contributed by atoms with Crippen molar-refractivity contribution < 1.29 is 0 Å². The second-order valence-electron chi connectivity index (χ2n) is 6.61. The van der Waals surface area contributed by atoms with Crippen molar-refractivity contribution in [2.24, 2.45) is 0 Å². The lowest BCUT2D eigenvalue weighted by Crippen LogP contribution is -2.59. The summed E-state index contributed by atoms with van der Waals surface area (Å²) in [5.41, 5.74) is 2.36. The molecule has 2 aliphatic heterocycles. The first-order valence-corrected chi connectivity index (χ1v) is 7.94. The molecular weight excluding hydrogens is 262 g/mol. The van der Waals surface area contributed by atoms with Gasteiger partial charge in [0.2, 0.25) is 0 Å². The van der Waals surface area contributed by atoms with Gasteiger partial charge in [0.1, 0.15) is 5.82 Å². The summed E-state index contributed by atoms with van der Waals surface area (Å²) in [7, 11) is 2.21. The Morgan fingerprint density at radius 1 is 1.14 bits per heavy atom. The molecule has 0 aliphatic carbocycles. The lowest BCUT2D eigenvalue weighted by atomic mass is 9.89. The molecule has 0 amide bonds. The zero-order valence-corrected chi connectivity index (χ0v) is 12.9. The van der Waals surface area contributed by atoms with E-state index in [1.807, 2.05) is 11.4 Å². The number of likely N-dealkylation sites (N-methyl/N-ethyl adjacent to an activating group) is 1. The van der Waals surface area contributed by atoms with Gasteiger partial charge in [0.05, 0.1) is 0 Å². The molecule has 2 saturated heterocycles. The predicted octanol–water partition coefficient (Wildman–Crippen LogP) is 1.53. The van der Waals surface area contributed by atoms with Crippen molar-refractivity contribution >= 4 is 5.65 Å². The van der Waals surface area contributed by atoms with Gasteiger partial charge in [0.25, 0.3) is 0 Å². The van der Waals surface area contributed by atoms with Crippen molar-refractivity contribution in [2.75, 3.05) is 33.2 Å². The summed E-state index contributed by atoms with van der Waals surface area (Å²) >= 11 is 0. The van der Waals surface area contributed by atoms with Crippen LogP contribution in [0.2, 0.25) is 0 Å². The van der Waals surface area contributed by atoms with Crippen molar-refractivity contribution in [2.45, 2.75) is 31.7 Å². The van der Waals surface area contributed by atoms with Gasteiger partial charge in [-0.2, -0.15) is 5.10 Å². The number of hydrogen-bond acceptors (Lipinski definition) is 4. The minimum absolute atomic E-state index is 0.674. The highest BCUT2D eigenvalue weighted by atomic mass is 15.3. The van der Waals surface area contributed by atoms with Gasteiger partial charge in [0, 0.05) is 25.3 Å². The highest BCUT2D eigenvalue weighted by Crippen LogP contribution is 2.30. The van der Waals surface area contributed by atoms with E-state index in [2.05, 4.69) is 45.3 Å². The molecule has 21 heavy (non-hydrogen) atoms. The Labute approximate surface area is 125 Å². The van der Waals surface area contributed by atoms with Gasteiger partial charge in [-0.3, -0.25) is 4.90 Å². The first-order chi connectivity index (χ1) is 10.2. The second-order valence-corrected chi connectivity index (χ2v) is 6.61. The molecule has 0 radical (unpaired) electrons. The maximum absolute atomic E-state index is 4.43. The largest absolute Gasteiger partial charge is 0.303 e. The van der Waals surface area contributed by atoms with E-state index in [0.29, 0.717) is 5.92 Å². The van der Waals surface area contributed by atoms with Gasteiger partial charge in [-0.05, 0) is 57.5 Å². The normalized spacial score (nSPS) is 22.8. The van der Waals surface area contributed by atoms with E-state index in [1.165, 1.54) is 44.6 Å². The number of fused-ring (bicyclic) bond motifs is 1. The SMILES string of the molecule is Cc1nc2ccc(C3CCN(C4CN(C)C4)CC3)cn2n1. The Morgan fingerprint density at radius 2 is 1.90 bits per heavy atom. The summed E-state index contributed by atoms with van der Waals surface area (Å²) in [5.74, 6) is 1.52. The standard InChI is InChI=1S/C16H23N5/c1-12-17-16-4-3-14(9-21(16)18-12)13-5-7-20(8-6-13)15-10-19(2)11-15/h3-4,9,13,15H,5-8,10-11H2,1-2H3. The molecule has 0 N–H and O–H groups in total. The lowest BCUT2D eigenvalue weighted by Gasteiger charge is -2.46. The van der Waals surface area contributed by atoms with E-state index < -0.39 is 0 Å². The van der Waals surface area contributed by atoms with Gasteiger partial charge in [-0.1, -0.05) is 6.07 Å². The fourth-order valence-electron chi connectivity index (χ4n) is 3.75. The number of hydrogen-bond donors (Lipinski definition) is 0. The van der Waals surface area contributed by atoms with Crippen molar-refractivity contribution in [1.82, 2.24) is 24.4 Å². The molecule has 0 atom stereocenters. The molecular formula is C16H23N5. The van der Waals surface area contributed by atoms with Crippen molar-refractivity contribution in [1.29, 1.82) is 0 Å². The molecule has 2 aliphatic rings. The fraction of sp³-hybridized carbons (Fsp3) is 0.625. The highest BCUT2D eigenvalue weighted by Gasteiger charge is 2.32. The Bertz CT molecular complexity index is 635. The molecule has 2 aromatic rings. The number of likely N-dealkylation sites (tertiary alicyclic amines) is 2. The molecule has 0 spiro atoms. The summed E-state index contributed by atoms with van der Waals surface area (Å²) in [4.78, 5) is 9.48. The Hall–Kier alpha value is -1.46. The van der Waals surface area contributed by atoms with Crippen molar-refractivity contribution in [3.63, 3.8) is 0 Å². The number of aryl methyl sites for hydroxylation is 1. The minimum atomic E-state index is 0.674. The van der Waals surface area contributed by atoms with Gasteiger partial charge < -0.3 is 4.90 Å². The van der Waals surface area contributed by atoms with Crippen LogP contribution in [0.3, 0.4) is 0 Å². The molecule has 2 fully saturated rings. The van der Waals surface area contributed by atoms with Gasteiger partial charge in [-0.25, -0.2) is 9.50 Å². The molecule has 4 rings (SSSR count). The molecule has 0 aromatic carbocycles. The molecule has 5 heteroatoms. The number of pyridine rings is 1. The molecule has 4 heterocycles. The minimum Gasteiger partial charge on any atom is -0.303 e. The molecule has 0 bridgehead atoms. The van der Waals surface area contributed by atoms with E-state index in [4.69, 9.17) is 0 Å². The van der Waals surface area contributed by atoms with Crippen LogP contribution in [0, 0.1) is 6.92 Å². The van der Waals surface area contributed by atoms with Crippen LogP contribution in [0.15, 0.2) is 18.3 Å². The zero-order valence-electron chi connectivity index (χ0n) is 12.9. The quantitative estimate of drug-likeness (QED) is 0.838. The smallest absolute Gasteiger partial charge is 0.155 e. The average Bonchev–Trinajstić information content (AvgIpc) is 2.83. The third-order valence-corrected chi connectivity index (χ3v) is 5.02. The Balaban J connectivity index is 1.44. The monoisotopic (exact) mass is 285 g/mol. The van der Waals surface area contributed by atoms with E-state index in [9.17, 15) is 0 Å². The summed E-state index contributed by atoms with van der Waals surface area (Å²) in [6, 6.07) is 5.14. The van der Waals surface area contributed by atoms with E-state index in [0.717, 1.165) is 17.5 Å². The van der Waals surface area contributed by atoms with Crippen LogP contribution >= 0.6 is 0 Å². The topological polar surface area (TPSA) is 36.7 Å². The van der Waals surface area contributed by atoms with Crippen molar-refractivity contribution in [3.8, 4) is 0 Å². The number of rotatable bonds is 2. The third kappa shape index (κ3) is 2.45. The van der Waals surface area contributed by atoms with Crippen LogP contribution in [0.25, 0.3) is 5.65 Å². The van der Waals surface area contributed by atoms with E-state index in [1.54, 1.807) is 0 Å². The van der Waals surface area contributed by atoms with E-state index >= 15 is 0 Å². The summed E-state index contributed by atoms with van der Waals surface area (Å²) in [6.45, 7) is 6.90. The average molecular weight is 285 g/mol. The second kappa shape index (κ2) is 5.07. The number of aromatic nitrogens is 3. The molecule has 112 valence electrons. The highest BCUT2D eigenvalue weighted by molar-refractivity contribution is 5.39. The van der Waals surface area contributed by atoms with Crippen LogP contribution in [0.4, 0.5) is 0 Å². The van der Waals surface area contributed by atoms with Crippen LogP contribution in [-0.4, -0.2) is 63.7 Å². The fourth-order valence-corrected chi connectivity index (χ4v) is 3.75. The number of piperidine rings is 1. The molecule has 0 unspecified atom stereocenters. The lowest BCUT2D eigenvalue weighted by molar-refractivity contribution is 0.0362. The summed E-state index contributed by atoms with van der Waals surface area (Å²) in [5, 5.41) is 4.43. The summed E-state index contributed by atoms with van der Waals surface area (Å²) in [6.07, 6.45) is 4.70. The molecule has 2 aromatic heterocycles. The maximum Gasteiger partial charge on any atom is 0.155 e. The summed E-state index contributed by atoms with van der Waals surface area (Å²) < 4.78 is 1.93. The molecule has 0 saturated carbocycles. The third-order valence-electron chi connectivity index (χ3n) is 5.02. The van der Waals surface area contributed by atoms with E-state index in [-0.39, 0.29) is 0 Å². The Morgan fingerprint density at radius 3 is 2.62 bits per heavy atom. The van der Waals surface area contributed by atoms with Crippen LogP contribution in [0.1, 0.15) is 30.1 Å². The van der Waals surface area contributed by atoms with Gasteiger partial charge >= 0.3 is 0 Å². The van der Waals surface area contributed by atoms with Crippen LogP contribution in [0.5, 0.6) is 0 Å². The first kappa shape index (κ1) is 13.2. The maximum atomic E-state index is 4.43. The Kier molecular flexibility index (Phi) is 3.19.